The Labute approximate surface area is 229 Å². The number of aryl methyl sites for hydroxylation is 2. The molecule has 204 valence electrons. The molecular formula is C31H40N2O4S. The van der Waals surface area contributed by atoms with E-state index in [1.165, 1.54) is 0 Å². The second-order valence-corrected chi connectivity index (χ2v) is 12.6. The molecule has 0 aliphatic rings. The number of aromatic nitrogens is 1. The molecule has 2 N–H and O–H groups in total. The van der Waals surface area contributed by atoms with Crippen LogP contribution in [0.1, 0.15) is 68.8 Å². The van der Waals surface area contributed by atoms with Gasteiger partial charge in [-0.25, -0.2) is 4.79 Å². The number of nitrogens with two attached hydrogens (primary N) is 1. The first-order valence-corrected chi connectivity index (χ1v) is 14.5. The van der Waals surface area contributed by atoms with Crippen molar-refractivity contribution < 1.29 is 18.5 Å². The first-order chi connectivity index (χ1) is 17.8. The Balaban J connectivity index is 2.34. The quantitative estimate of drug-likeness (QED) is 0.316. The molecule has 0 aliphatic heterocycles. The van der Waals surface area contributed by atoms with Gasteiger partial charge < -0.3 is 15.2 Å². The lowest BCUT2D eigenvalue weighted by atomic mass is 9.78. The summed E-state index contributed by atoms with van der Waals surface area (Å²) in [5.74, 6) is 0.894. The predicted molar refractivity (Wildman–Crippen MR) is 154 cm³/mol. The fraction of sp³-hybridized carbons (Fsp3) is 0.419. The van der Waals surface area contributed by atoms with E-state index in [0.29, 0.717) is 23.0 Å². The lowest BCUT2D eigenvalue weighted by molar-refractivity contribution is 0.0353. The molecule has 0 bridgehead atoms. The van der Waals surface area contributed by atoms with Crippen LogP contribution in [0.5, 0.6) is 5.75 Å². The van der Waals surface area contributed by atoms with Gasteiger partial charge in [-0.05, 0) is 49.4 Å². The molecule has 3 rings (SSSR count). The molecule has 3 aromatic rings. The van der Waals surface area contributed by atoms with Gasteiger partial charge in [0.15, 0.2) is 0 Å². The zero-order valence-electron chi connectivity index (χ0n) is 23.8. The van der Waals surface area contributed by atoms with Gasteiger partial charge in [-0.2, -0.15) is 0 Å². The largest absolute Gasteiger partial charge is 0.488 e. The van der Waals surface area contributed by atoms with E-state index >= 15 is 0 Å². The number of benzene rings is 2. The molecule has 7 heteroatoms. The Kier molecular flexibility index (Phi) is 9.36. The third kappa shape index (κ3) is 7.01. The molecule has 1 heterocycles. The van der Waals surface area contributed by atoms with Gasteiger partial charge in [0, 0.05) is 34.2 Å². The fourth-order valence-electron chi connectivity index (χ4n) is 4.61. The minimum Gasteiger partial charge on any atom is -0.488 e. The van der Waals surface area contributed by atoms with Crippen molar-refractivity contribution in [3.63, 3.8) is 0 Å². The number of carbonyl (C=O) groups excluding carboxylic acids is 1. The van der Waals surface area contributed by atoms with Crippen molar-refractivity contribution in [2.45, 2.75) is 72.5 Å². The van der Waals surface area contributed by atoms with Gasteiger partial charge in [-0.3, -0.25) is 9.19 Å². The van der Waals surface area contributed by atoms with Crippen molar-refractivity contribution in [3.05, 3.63) is 76.6 Å². The zero-order valence-corrected chi connectivity index (χ0v) is 24.6. The van der Waals surface area contributed by atoms with E-state index < -0.39 is 28.4 Å². The summed E-state index contributed by atoms with van der Waals surface area (Å²) in [7, 11) is -1.20. The van der Waals surface area contributed by atoms with Crippen molar-refractivity contribution in [3.8, 4) is 16.9 Å². The van der Waals surface area contributed by atoms with Crippen LogP contribution in [0, 0.1) is 25.2 Å². The van der Waals surface area contributed by atoms with Crippen LogP contribution in [-0.4, -0.2) is 21.5 Å². The number of amides is 1. The van der Waals surface area contributed by atoms with Crippen LogP contribution in [0.2, 0.25) is 0 Å². The van der Waals surface area contributed by atoms with Gasteiger partial charge in [0.05, 0.1) is 15.7 Å². The number of para-hydroxylation sites is 1. The second kappa shape index (κ2) is 12.1. The Morgan fingerprint density at radius 1 is 1.05 bits per heavy atom. The first-order valence-electron chi connectivity index (χ1n) is 12.9. The molecule has 6 nitrogen and oxygen atoms in total. The Hall–Kier alpha value is -3.19. The third-order valence-corrected chi connectivity index (χ3v) is 7.33. The number of carbonyl (C=O) groups is 1. The first kappa shape index (κ1) is 29.4. The fourth-order valence-corrected chi connectivity index (χ4v) is 5.29. The minimum atomic E-state index is -1.20. The van der Waals surface area contributed by atoms with Gasteiger partial charge in [0.2, 0.25) is 0 Å². The Bertz CT molecular complexity index is 1310. The van der Waals surface area contributed by atoms with E-state index in [-0.39, 0.29) is 6.61 Å². The van der Waals surface area contributed by atoms with Crippen molar-refractivity contribution in [1.82, 2.24) is 4.98 Å². The normalized spacial score (nSPS) is 13.3. The Morgan fingerprint density at radius 3 is 2.24 bits per heavy atom. The second-order valence-electron chi connectivity index (χ2n) is 11.2. The van der Waals surface area contributed by atoms with Gasteiger partial charge in [-0.15, -0.1) is 0 Å². The highest BCUT2D eigenvalue weighted by atomic mass is 32.2. The average molecular weight is 537 g/mol. The molecule has 0 saturated heterocycles. The maximum Gasteiger partial charge on any atom is 0.405 e. The Morgan fingerprint density at radius 2 is 1.68 bits per heavy atom. The van der Waals surface area contributed by atoms with Gasteiger partial charge >= 0.3 is 6.09 Å². The van der Waals surface area contributed by atoms with Gasteiger partial charge in [0.1, 0.15) is 18.5 Å². The number of hydrogen-bond acceptors (Lipinski definition) is 5. The highest BCUT2D eigenvalue weighted by Gasteiger charge is 2.36. The maximum atomic E-state index is 12.3. The smallest absolute Gasteiger partial charge is 0.405 e. The molecule has 2 aromatic carbocycles. The van der Waals surface area contributed by atoms with E-state index in [0.717, 1.165) is 39.2 Å². The summed E-state index contributed by atoms with van der Waals surface area (Å²) in [4.78, 5) is 17.8. The molecule has 0 saturated carbocycles. The van der Waals surface area contributed by atoms with Crippen LogP contribution in [0.25, 0.3) is 11.1 Å². The lowest BCUT2D eigenvalue weighted by Crippen LogP contribution is -2.29. The number of pyridine rings is 1. The highest BCUT2D eigenvalue weighted by molar-refractivity contribution is 7.84. The minimum absolute atomic E-state index is 0.207. The standard InChI is InChI=1S/C31H40N2O4S/c1-19(2)17-24-28(29(31(5,6)7)37-30(32)34)27(22-15-13-20(3)14-16-22)23(21(4)33-24)18-36-25-11-9-10-12-26(25)38(8)35/h9-16,19,29H,17-18H2,1-8H3,(H2,32,34). The SMILES string of the molecule is Cc1ccc(-c2c(COc3ccccc3S(C)=O)c(C)nc(CC(C)C)c2C(OC(N)=O)C(C)(C)C)cc1. The van der Waals surface area contributed by atoms with Crippen LogP contribution in [0.3, 0.4) is 0 Å². The number of hydrogen-bond donors (Lipinski definition) is 1. The molecule has 0 aliphatic carbocycles. The van der Waals surface area contributed by atoms with Gasteiger partial charge in [0.25, 0.3) is 0 Å². The van der Waals surface area contributed by atoms with Crippen molar-refractivity contribution >= 4 is 16.9 Å². The molecular weight excluding hydrogens is 496 g/mol. The molecule has 1 aromatic heterocycles. The van der Waals surface area contributed by atoms with Crippen LogP contribution < -0.4 is 10.5 Å². The summed E-state index contributed by atoms with van der Waals surface area (Å²) >= 11 is 0. The zero-order chi connectivity index (χ0) is 28.2. The number of ether oxygens (including phenoxy) is 2. The molecule has 0 spiro atoms. The number of primary amides is 1. The summed E-state index contributed by atoms with van der Waals surface area (Å²) in [5, 5.41) is 0. The van der Waals surface area contributed by atoms with Crippen LogP contribution in [0.15, 0.2) is 53.4 Å². The number of rotatable bonds is 9. The predicted octanol–water partition coefficient (Wildman–Crippen LogP) is 7.06. The molecule has 2 unspecified atom stereocenters. The average Bonchev–Trinajstić information content (AvgIpc) is 2.81. The summed E-state index contributed by atoms with van der Waals surface area (Å²) in [5.41, 5.74) is 11.7. The van der Waals surface area contributed by atoms with E-state index in [2.05, 4.69) is 38.1 Å². The molecule has 38 heavy (non-hydrogen) atoms. The lowest BCUT2D eigenvalue weighted by Gasteiger charge is -2.34. The van der Waals surface area contributed by atoms with Crippen molar-refractivity contribution in [2.75, 3.05) is 6.26 Å². The highest BCUT2D eigenvalue weighted by Crippen LogP contribution is 2.45. The summed E-state index contributed by atoms with van der Waals surface area (Å²) in [6.07, 6.45) is 0.892. The topological polar surface area (TPSA) is 91.5 Å². The van der Waals surface area contributed by atoms with Crippen LogP contribution in [0.4, 0.5) is 4.79 Å². The van der Waals surface area contributed by atoms with Crippen molar-refractivity contribution in [1.29, 1.82) is 0 Å². The molecule has 0 fully saturated rings. The van der Waals surface area contributed by atoms with E-state index in [1.807, 2.05) is 58.9 Å². The van der Waals surface area contributed by atoms with E-state index in [4.69, 9.17) is 20.2 Å². The van der Waals surface area contributed by atoms with Crippen molar-refractivity contribution in [2.24, 2.45) is 17.1 Å². The number of nitrogens with zero attached hydrogens (tertiary/aromatic N) is 1. The van der Waals surface area contributed by atoms with E-state index in [9.17, 15) is 9.00 Å². The summed E-state index contributed by atoms with van der Waals surface area (Å²) < 4.78 is 24.5. The van der Waals surface area contributed by atoms with Gasteiger partial charge in [-0.1, -0.05) is 76.6 Å². The third-order valence-electron chi connectivity index (χ3n) is 6.38. The van der Waals surface area contributed by atoms with E-state index in [1.54, 1.807) is 6.26 Å². The van der Waals surface area contributed by atoms with Crippen LogP contribution in [-0.2, 0) is 28.6 Å². The molecule has 1 amide bonds. The summed E-state index contributed by atoms with van der Waals surface area (Å²) in [6, 6.07) is 15.6. The summed E-state index contributed by atoms with van der Waals surface area (Å²) in [6.45, 7) is 14.6. The van der Waals surface area contributed by atoms with Crippen LogP contribution >= 0.6 is 0 Å². The molecule has 0 radical (unpaired) electrons. The monoisotopic (exact) mass is 536 g/mol. The molecule has 2 atom stereocenters. The maximum absolute atomic E-state index is 12.3.